The van der Waals surface area contributed by atoms with Gasteiger partial charge in [0.1, 0.15) is 11.4 Å². The number of halogens is 1. The van der Waals surface area contributed by atoms with Crippen molar-refractivity contribution >= 4 is 11.7 Å². The van der Waals surface area contributed by atoms with Crippen molar-refractivity contribution in [1.29, 1.82) is 0 Å². The standard InChI is InChI=1S/C15H19FN4O2/c1-10-4-5-12(16)6-13(10)19-14(21)17-9-15(2,22)11-7-18-20(3)8-11/h4-8,22H,9H2,1-3H3,(H2,17,19,21). The van der Waals surface area contributed by atoms with Gasteiger partial charge in [-0.2, -0.15) is 5.10 Å². The number of urea groups is 1. The number of nitrogens with one attached hydrogen (secondary N) is 2. The summed E-state index contributed by atoms with van der Waals surface area (Å²) < 4.78 is 14.7. The highest BCUT2D eigenvalue weighted by molar-refractivity contribution is 5.90. The second kappa shape index (κ2) is 6.15. The van der Waals surface area contributed by atoms with E-state index in [1.807, 2.05) is 0 Å². The molecule has 1 atom stereocenters. The minimum Gasteiger partial charge on any atom is -0.383 e. The van der Waals surface area contributed by atoms with Gasteiger partial charge in [0.2, 0.25) is 0 Å². The van der Waals surface area contributed by atoms with E-state index in [1.165, 1.54) is 18.3 Å². The molecule has 0 fully saturated rings. The Morgan fingerprint density at radius 1 is 1.50 bits per heavy atom. The number of hydrogen-bond donors (Lipinski definition) is 3. The van der Waals surface area contributed by atoms with Gasteiger partial charge < -0.3 is 15.7 Å². The SMILES string of the molecule is Cc1ccc(F)cc1NC(=O)NCC(C)(O)c1cnn(C)c1. The van der Waals surface area contributed by atoms with E-state index in [0.717, 1.165) is 5.56 Å². The number of aryl methyl sites for hydroxylation is 2. The Hall–Kier alpha value is -2.41. The predicted molar refractivity (Wildman–Crippen MR) is 80.9 cm³/mol. The maximum absolute atomic E-state index is 13.2. The van der Waals surface area contributed by atoms with E-state index >= 15 is 0 Å². The average molecular weight is 306 g/mol. The van der Waals surface area contributed by atoms with Gasteiger partial charge >= 0.3 is 6.03 Å². The molecule has 0 aliphatic carbocycles. The smallest absolute Gasteiger partial charge is 0.319 e. The molecule has 0 spiro atoms. The fourth-order valence-corrected chi connectivity index (χ4v) is 1.95. The van der Waals surface area contributed by atoms with Crippen LogP contribution in [0.5, 0.6) is 0 Å². The largest absolute Gasteiger partial charge is 0.383 e. The molecular weight excluding hydrogens is 287 g/mol. The lowest BCUT2D eigenvalue weighted by Crippen LogP contribution is -2.40. The summed E-state index contributed by atoms with van der Waals surface area (Å²) in [6.45, 7) is 3.34. The van der Waals surface area contributed by atoms with Crippen LogP contribution in [0.25, 0.3) is 0 Å². The van der Waals surface area contributed by atoms with Gasteiger partial charge in [-0.3, -0.25) is 4.68 Å². The van der Waals surface area contributed by atoms with Gasteiger partial charge in [-0.15, -0.1) is 0 Å². The lowest BCUT2D eigenvalue weighted by Gasteiger charge is -2.22. The van der Waals surface area contributed by atoms with Crippen LogP contribution in [0.4, 0.5) is 14.9 Å². The van der Waals surface area contributed by atoms with Crippen molar-refractivity contribution in [1.82, 2.24) is 15.1 Å². The minimum atomic E-state index is -1.25. The fraction of sp³-hybridized carbons (Fsp3) is 0.333. The van der Waals surface area contributed by atoms with E-state index in [-0.39, 0.29) is 6.54 Å². The third-order valence-electron chi connectivity index (χ3n) is 3.37. The number of aromatic nitrogens is 2. The van der Waals surface area contributed by atoms with Crippen molar-refractivity contribution in [2.75, 3.05) is 11.9 Å². The highest BCUT2D eigenvalue weighted by Crippen LogP contribution is 2.19. The van der Waals surface area contributed by atoms with E-state index < -0.39 is 17.4 Å². The van der Waals surface area contributed by atoms with Gasteiger partial charge in [0.05, 0.1) is 12.7 Å². The number of anilines is 1. The van der Waals surface area contributed by atoms with Gasteiger partial charge in [0, 0.05) is 24.5 Å². The molecule has 0 saturated heterocycles. The van der Waals surface area contributed by atoms with Gasteiger partial charge in [-0.1, -0.05) is 6.07 Å². The van der Waals surface area contributed by atoms with E-state index in [4.69, 9.17) is 0 Å². The van der Waals surface area contributed by atoms with Gasteiger partial charge in [0.15, 0.2) is 0 Å². The molecule has 6 nitrogen and oxygen atoms in total. The number of nitrogens with zero attached hydrogens (tertiary/aromatic N) is 2. The van der Waals surface area contributed by atoms with Crippen molar-refractivity contribution in [2.24, 2.45) is 7.05 Å². The zero-order valence-electron chi connectivity index (χ0n) is 12.7. The number of benzene rings is 1. The Labute approximate surface area is 128 Å². The first-order valence-electron chi connectivity index (χ1n) is 6.80. The molecule has 0 aliphatic heterocycles. The third-order valence-corrected chi connectivity index (χ3v) is 3.37. The summed E-state index contributed by atoms with van der Waals surface area (Å²) in [6, 6.07) is 3.63. The first-order chi connectivity index (χ1) is 10.3. The number of amides is 2. The summed E-state index contributed by atoms with van der Waals surface area (Å²) in [4.78, 5) is 11.9. The van der Waals surface area contributed by atoms with Crippen LogP contribution >= 0.6 is 0 Å². The highest BCUT2D eigenvalue weighted by atomic mass is 19.1. The van der Waals surface area contributed by atoms with Gasteiger partial charge in [-0.25, -0.2) is 9.18 Å². The average Bonchev–Trinajstić information content (AvgIpc) is 2.88. The Balaban J connectivity index is 1.96. The molecule has 7 heteroatoms. The molecule has 2 aromatic rings. The molecule has 0 aliphatic rings. The zero-order valence-corrected chi connectivity index (χ0v) is 12.7. The summed E-state index contributed by atoms with van der Waals surface area (Å²) >= 11 is 0. The van der Waals surface area contributed by atoms with Gasteiger partial charge in [0.25, 0.3) is 0 Å². The summed E-state index contributed by atoms with van der Waals surface area (Å²) in [5.74, 6) is -0.428. The molecule has 2 amide bonds. The Kier molecular flexibility index (Phi) is 4.46. The lowest BCUT2D eigenvalue weighted by molar-refractivity contribution is 0.0599. The quantitative estimate of drug-likeness (QED) is 0.807. The summed E-state index contributed by atoms with van der Waals surface area (Å²) in [6.07, 6.45) is 3.21. The van der Waals surface area contributed by atoms with Crippen LogP contribution in [-0.2, 0) is 12.6 Å². The molecule has 2 rings (SSSR count). The first-order valence-corrected chi connectivity index (χ1v) is 6.80. The number of rotatable bonds is 4. The van der Waals surface area contributed by atoms with E-state index in [2.05, 4.69) is 15.7 Å². The molecule has 1 heterocycles. The van der Waals surface area contributed by atoms with Crippen molar-refractivity contribution in [3.63, 3.8) is 0 Å². The van der Waals surface area contributed by atoms with Crippen LogP contribution in [0.15, 0.2) is 30.6 Å². The maximum Gasteiger partial charge on any atom is 0.319 e. The summed E-state index contributed by atoms with van der Waals surface area (Å²) in [7, 11) is 1.74. The number of carbonyl (C=O) groups excluding carboxylic acids is 1. The zero-order chi connectivity index (χ0) is 16.3. The topological polar surface area (TPSA) is 79.2 Å². The maximum atomic E-state index is 13.2. The molecule has 1 aromatic carbocycles. The molecule has 1 aromatic heterocycles. The summed E-state index contributed by atoms with van der Waals surface area (Å²) in [5, 5.41) is 19.5. The molecule has 3 N–H and O–H groups in total. The molecular formula is C15H19FN4O2. The van der Waals surface area contributed by atoms with E-state index in [9.17, 15) is 14.3 Å². The van der Waals surface area contributed by atoms with Crippen LogP contribution in [-0.4, -0.2) is 27.5 Å². The predicted octanol–water partition coefficient (Wildman–Crippen LogP) is 1.90. The molecule has 0 bridgehead atoms. The second-order valence-electron chi connectivity index (χ2n) is 5.44. The van der Waals surface area contributed by atoms with Crippen molar-refractivity contribution in [2.45, 2.75) is 19.4 Å². The third kappa shape index (κ3) is 3.82. The van der Waals surface area contributed by atoms with E-state index in [1.54, 1.807) is 37.8 Å². The van der Waals surface area contributed by atoms with Crippen LogP contribution in [0, 0.1) is 12.7 Å². The molecule has 118 valence electrons. The molecule has 22 heavy (non-hydrogen) atoms. The molecule has 0 radical (unpaired) electrons. The normalized spacial score (nSPS) is 13.5. The molecule has 1 unspecified atom stereocenters. The summed E-state index contributed by atoms with van der Waals surface area (Å²) in [5.41, 5.74) is 0.481. The Morgan fingerprint density at radius 3 is 2.86 bits per heavy atom. The van der Waals surface area contributed by atoms with Crippen LogP contribution in [0.1, 0.15) is 18.1 Å². The minimum absolute atomic E-state index is 0.00110. The van der Waals surface area contributed by atoms with Crippen molar-refractivity contribution in [3.05, 3.63) is 47.5 Å². The van der Waals surface area contributed by atoms with Crippen molar-refractivity contribution in [3.8, 4) is 0 Å². The monoisotopic (exact) mass is 306 g/mol. The van der Waals surface area contributed by atoms with Gasteiger partial charge in [-0.05, 0) is 31.5 Å². The van der Waals surface area contributed by atoms with Crippen LogP contribution in [0.3, 0.4) is 0 Å². The number of hydrogen-bond acceptors (Lipinski definition) is 3. The lowest BCUT2D eigenvalue weighted by atomic mass is 10.00. The molecule has 0 saturated carbocycles. The van der Waals surface area contributed by atoms with Crippen LogP contribution < -0.4 is 10.6 Å². The first kappa shape index (κ1) is 16.0. The van der Waals surface area contributed by atoms with E-state index in [0.29, 0.717) is 11.3 Å². The van der Waals surface area contributed by atoms with Crippen molar-refractivity contribution < 1.29 is 14.3 Å². The fourth-order valence-electron chi connectivity index (χ4n) is 1.95. The second-order valence-corrected chi connectivity index (χ2v) is 5.44. The number of aliphatic hydroxyl groups is 1. The van der Waals surface area contributed by atoms with Crippen LogP contribution in [0.2, 0.25) is 0 Å². The Morgan fingerprint density at radius 2 is 2.23 bits per heavy atom. The Bertz CT molecular complexity index is 682. The highest BCUT2D eigenvalue weighted by Gasteiger charge is 2.25. The number of carbonyl (C=O) groups is 1.